The van der Waals surface area contributed by atoms with Crippen molar-refractivity contribution in [3.63, 3.8) is 0 Å². The number of fused-ring (bicyclic) bond motifs is 1. The molecule has 0 aliphatic carbocycles. The Bertz CT molecular complexity index is 495. The van der Waals surface area contributed by atoms with Crippen LogP contribution in [0.5, 0.6) is 0 Å². The second-order valence-electron chi connectivity index (χ2n) is 3.58. The number of rotatable bonds is 4. The van der Waals surface area contributed by atoms with Crippen LogP contribution in [-0.2, 0) is 17.9 Å². The molecular weight excluding hydrogens is 225 g/mol. The number of halogens is 1. The first-order chi connectivity index (χ1) is 7.77. The van der Waals surface area contributed by atoms with Gasteiger partial charge in [0.2, 0.25) is 0 Å². The third-order valence-electron chi connectivity index (χ3n) is 2.48. The summed E-state index contributed by atoms with van der Waals surface area (Å²) in [6.45, 7) is 1.28. The molecule has 16 heavy (non-hydrogen) atoms. The van der Waals surface area contributed by atoms with Crippen LogP contribution < -0.4 is 5.32 Å². The Morgan fingerprint density at radius 1 is 1.44 bits per heavy atom. The van der Waals surface area contributed by atoms with E-state index >= 15 is 0 Å². The van der Waals surface area contributed by atoms with Gasteiger partial charge in [-0.1, -0.05) is 12.1 Å². The third-order valence-corrected chi connectivity index (χ3v) is 3.74. The SMILES string of the molecule is CNCc1sc2c(F)cccc2c1COC. The molecule has 2 rings (SSSR count). The van der Waals surface area contributed by atoms with Gasteiger partial charge in [0.25, 0.3) is 0 Å². The zero-order valence-electron chi connectivity index (χ0n) is 9.34. The molecule has 0 aliphatic heterocycles. The summed E-state index contributed by atoms with van der Waals surface area (Å²) >= 11 is 1.50. The first kappa shape index (κ1) is 11.5. The highest BCUT2D eigenvalue weighted by Crippen LogP contribution is 2.33. The molecular formula is C12H14FNOS. The van der Waals surface area contributed by atoms with Gasteiger partial charge in [0.1, 0.15) is 5.82 Å². The van der Waals surface area contributed by atoms with Crippen molar-refractivity contribution in [2.75, 3.05) is 14.2 Å². The highest BCUT2D eigenvalue weighted by atomic mass is 32.1. The van der Waals surface area contributed by atoms with Gasteiger partial charge in [0.15, 0.2) is 0 Å². The van der Waals surface area contributed by atoms with Gasteiger partial charge in [0, 0.05) is 29.5 Å². The van der Waals surface area contributed by atoms with Crippen LogP contribution in [0.2, 0.25) is 0 Å². The minimum Gasteiger partial charge on any atom is -0.380 e. The number of hydrogen-bond acceptors (Lipinski definition) is 3. The predicted molar refractivity (Wildman–Crippen MR) is 65.3 cm³/mol. The Hall–Kier alpha value is -0.970. The molecule has 2 nitrogen and oxygen atoms in total. The largest absolute Gasteiger partial charge is 0.380 e. The van der Waals surface area contributed by atoms with E-state index in [1.807, 2.05) is 13.1 Å². The lowest BCUT2D eigenvalue weighted by molar-refractivity contribution is 0.185. The van der Waals surface area contributed by atoms with Gasteiger partial charge in [-0.05, 0) is 13.1 Å². The van der Waals surface area contributed by atoms with Crippen molar-refractivity contribution in [2.24, 2.45) is 0 Å². The average molecular weight is 239 g/mol. The summed E-state index contributed by atoms with van der Waals surface area (Å²) in [4.78, 5) is 1.14. The summed E-state index contributed by atoms with van der Waals surface area (Å²) in [7, 11) is 3.54. The predicted octanol–water partition coefficient (Wildman–Crippen LogP) is 2.91. The molecule has 0 aliphatic rings. The Morgan fingerprint density at radius 2 is 2.25 bits per heavy atom. The Labute approximate surface area is 98.0 Å². The maximum atomic E-state index is 13.6. The monoisotopic (exact) mass is 239 g/mol. The van der Waals surface area contributed by atoms with E-state index in [1.165, 1.54) is 17.4 Å². The summed E-state index contributed by atoms with van der Waals surface area (Å²) in [6, 6.07) is 5.19. The van der Waals surface area contributed by atoms with Crippen molar-refractivity contribution in [1.29, 1.82) is 0 Å². The fourth-order valence-corrected chi connectivity index (χ4v) is 3.01. The van der Waals surface area contributed by atoms with Crippen molar-refractivity contribution < 1.29 is 9.13 Å². The van der Waals surface area contributed by atoms with Gasteiger partial charge in [-0.25, -0.2) is 4.39 Å². The van der Waals surface area contributed by atoms with E-state index in [1.54, 1.807) is 13.2 Å². The molecule has 0 fully saturated rings. The molecule has 0 atom stereocenters. The second-order valence-corrected chi connectivity index (χ2v) is 4.69. The van der Waals surface area contributed by atoms with E-state index in [0.29, 0.717) is 6.61 Å². The fraction of sp³-hybridized carbons (Fsp3) is 0.333. The van der Waals surface area contributed by atoms with Gasteiger partial charge in [-0.15, -0.1) is 11.3 Å². The van der Waals surface area contributed by atoms with Gasteiger partial charge in [0.05, 0.1) is 11.3 Å². The van der Waals surface area contributed by atoms with E-state index < -0.39 is 0 Å². The quantitative estimate of drug-likeness (QED) is 0.885. The summed E-state index contributed by atoms with van der Waals surface area (Å²) in [6.07, 6.45) is 0. The molecule has 1 N–H and O–H groups in total. The van der Waals surface area contributed by atoms with Crippen LogP contribution >= 0.6 is 11.3 Å². The molecule has 1 heterocycles. The van der Waals surface area contributed by atoms with Crippen LogP contribution in [0.15, 0.2) is 18.2 Å². The smallest absolute Gasteiger partial charge is 0.141 e. The number of benzene rings is 1. The van der Waals surface area contributed by atoms with Gasteiger partial charge >= 0.3 is 0 Å². The Morgan fingerprint density at radius 3 is 2.94 bits per heavy atom. The van der Waals surface area contributed by atoms with Crippen LogP contribution in [-0.4, -0.2) is 14.2 Å². The topological polar surface area (TPSA) is 21.3 Å². The summed E-state index contributed by atoms with van der Waals surface area (Å²) in [5.41, 5.74) is 1.09. The molecule has 0 spiro atoms. The first-order valence-corrected chi connectivity index (χ1v) is 5.92. The van der Waals surface area contributed by atoms with Crippen molar-refractivity contribution in [1.82, 2.24) is 5.32 Å². The van der Waals surface area contributed by atoms with E-state index in [4.69, 9.17) is 4.74 Å². The minimum atomic E-state index is -0.151. The molecule has 0 saturated carbocycles. The van der Waals surface area contributed by atoms with Crippen LogP contribution in [0.3, 0.4) is 0 Å². The third kappa shape index (κ3) is 1.96. The Kier molecular flexibility index (Phi) is 3.53. The molecule has 0 saturated heterocycles. The van der Waals surface area contributed by atoms with E-state index in [0.717, 1.165) is 27.1 Å². The fourth-order valence-electron chi connectivity index (χ4n) is 1.79. The second kappa shape index (κ2) is 4.91. The molecule has 2 aromatic rings. The van der Waals surface area contributed by atoms with Crippen LogP contribution in [0.1, 0.15) is 10.4 Å². The van der Waals surface area contributed by atoms with E-state index in [2.05, 4.69) is 5.32 Å². The molecule has 0 unspecified atom stereocenters. The number of thiophene rings is 1. The summed E-state index contributed by atoms with van der Waals surface area (Å²) < 4.78 is 19.5. The average Bonchev–Trinajstić information content (AvgIpc) is 2.61. The highest BCUT2D eigenvalue weighted by molar-refractivity contribution is 7.19. The molecule has 0 amide bonds. The van der Waals surface area contributed by atoms with Crippen molar-refractivity contribution in [2.45, 2.75) is 13.2 Å². The molecule has 0 radical (unpaired) electrons. The molecule has 86 valence electrons. The van der Waals surface area contributed by atoms with Crippen LogP contribution in [0, 0.1) is 5.82 Å². The molecule has 1 aromatic carbocycles. The van der Waals surface area contributed by atoms with Gasteiger partial charge in [-0.3, -0.25) is 0 Å². The van der Waals surface area contributed by atoms with E-state index in [9.17, 15) is 4.39 Å². The maximum absolute atomic E-state index is 13.6. The molecule has 1 aromatic heterocycles. The van der Waals surface area contributed by atoms with Gasteiger partial charge in [-0.2, -0.15) is 0 Å². The lowest BCUT2D eigenvalue weighted by Crippen LogP contribution is -2.05. The highest BCUT2D eigenvalue weighted by Gasteiger charge is 2.13. The maximum Gasteiger partial charge on any atom is 0.141 e. The first-order valence-electron chi connectivity index (χ1n) is 5.10. The van der Waals surface area contributed by atoms with Crippen molar-refractivity contribution in [3.8, 4) is 0 Å². The number of ether oxygens (including phenoxy) is 1. The lowest BCUT2D eigenvalue weighted by atomic mass is 10.1. The molecule has 4 heteroatoms. The van der Waals surface area contributed by atoms with Crippen molar-refractivity contribution >= 4 is 21.4 Å². The number of methoxy groups -OCH3 is 1. The van der Waals surface area contributed by atoms with Gasteiger partial charge < -0.3 is 10.1 Å². The zero-order valence-corrected chi connectivity index (χ0v) is 10.2. The zero-order chi connectivity index (χ0) is 11.5. The lowest BCUT2D eigenvalue weighted by Gasteiger charge is -2.02. The minimum absolute atomic E-state index is 0.151. The van der Waals surface area contributed by atoms with E-state index in [-0.39, 0.29) is 5.82 Å². The summed E-state index contributed by atoms with van der Waals surface area (Å²) in [5, 5.41) is 4.07. The van der Waals surface area contributed by atoms with Crippen LogP contribution in [0.4, 0.5) is 4.39 Å². The summed E-state index contributed by atoms with van der Waals surface area (Å²) in [5.74, 6) is -0.151. The van der Waals surface area contributed by atoms with Crippen molar-refractivity contribution in [3.05, 3.63) is 34.5 Å². The standard InChI is InChI=1S/C12H14FNOS/c1-14-6-11-9(7-15-2)8-4-3-5-10(13)12(8)16-11/h3-5,14H,6-7H2,1-2H3. The number of hydrogen-bond donors (Lipinski definition) is 1. The molecule has 0 bridgehead atoms. The number of nitrogens with one attached hydrogen (secondary N) is 1. The Balaban J connectivity index is 2.60. The van der Waals surface area contributed by atoms with Crippen LogP contribution in [0.25, 0.3) is 10.1 Å². The normalized spacial score (nSPS) is 11.2.